The molecule has 0 aliphatic heterocycles. The number of imidazole rings is 1. The van der Waals surface area contributed by atoms with Gasteiger partial charge in [-0.25, -0.2) is 9.78 Å². The number of hydrogen-bond donors (Lipinski definition) is 3. The Hall–Kier alpha value is -2.04. The molecule has 0 atom stereocenters. The maximum absolute atomic E-state index is 9.00. The van der Waals surface area contributed by atoms with E-state index in [1.54, 1.807) is 0 Å². The molecule has 0 spiro atoms. The molecule has 0 bridgehead atoms. The Morgan fingerprint density at radius 2 is 1.93 bits per heavy atom. The molecule has 1 aromatic heterocycles. The van der Waals surface area contributed by atoms with Gasteiger partial charge in [-0.05, 0) is 0 Å². The van der Waals surface area contributed by atoms with Gasteiger partial charge in [-0.3, -0.25) is 0 Å². The van der Waals surface area contributed by atoms with Crippen LogP contribution in [0.25, 0.3) is 0 Å². The van der Waals surface area contributed by atoms with Crippen LogP contribution in [0.3, 0.4) is 0 Å². The standard InChI is InChI=1S/C9H12N2.CH4N2O/c1-3-5-8-7-10-9(11-8)6-4-2;2-1(3)4/h3-4,7H,1-2,5-6H2,(H,10,11);(H4,2,3,4). The van der Waals surface area contributed by atoms with Crippen LogP contribution in [-0.2, 0) is 12.8 Å². The number of nitrogens with one attached hydrogen (secondary N) is 1. The summed E-state index contributed by atoms with van der Waals surface area (Å²) in [6, 6.07) is -0.833. The van der Waals surface area contributed by atoms with Crippen molar-refractivity contribution in [3.8, 4) is 0 Å². The van der Waals surface area contributed by atoms with Crippen molar-refractivity contribution in [2.45, 2.75) is 12.8 Å². The molecule has 15 heavy (non-hydrogen) atoms. The van der Waals surface area contributed by atoms with Gasteiger partial charge < -0.3 is 16.5 Å². The molecule has 82 valence electrons. The molecule has 2 amide bonds. The third kappa shape index (κ3) is 7.06. The van der Waals surface area contributed by atoms with Crippen LogP contribution < -0.4 is 11.5 Å². The van der Waals surface area contributed by atoms with E-state index >= 15 is 0 Å². The lowest BCUT2D eigenvalue weighted by molar-refractivity contribution is 0.256. The molecule has 0 fully saturated rings. The van der Waals surface area contributed by atoms with Crippen molar-refractivity contribution in [1.29, 1.82) is 0 Å². The summed E-state index contributed by atoms with van der Waals surface area (Å²) in [7, 11) is 0. The number of allylic oxidation sites excluding steroid dienone is 2. The van der Waals surface area contributed by atoms with E-state index in [1.165, 1.54) is 0 Å². The number of aromatic nitrogens is 2. The lowest BCUT2D eigenvalue weighted by Crippen LogP contribution is -2.18. The Kier molecular flexibility index (Phi) is 6.37. The highest BCUT2D eigenvalue weighted by atomic mass is 16.2. The average Bonchev–Trinajstić information content (AvgIpc) is 2.53. The van der Waals surface area contributed by atoms with E-state index in [9.17, 15) is 0 Å². The Morgan fingerprint density at radius 1 is 1.40 bits per heavy atom. The Labute approximate surface area is 88.9 Å². The zero-order valence-electron chi connectivity index (χ0n) is 8.57. The third-order valence-electron chi connectivity index (χ3n) is 1.38. The van der Waals surface area contributed by atoms with Gasteiger partial charge in [0.1, 0.15) is 5.82 Å². The normalized spacial score (nSPS) is 8.53. The molecular weight excluding hydrogens is 192 g/mol. The molecule has 5 N–H and O–H groups in total. The number of urea groups is 1. The SMILES string of the molecule is C=CCc1cnc(CC=C)[nH]1.NC(N)=O. The van der Waals surface area contributed by atoms with Crippen LogP contribution in [0.5, 0.6) is 0 Å². The summed E-state index contributed by atoms with van der Waals surface area (Å²) < 4.78 is 0. The van der Waals surface area contributed by atoms with Gasteiger partial charge in [-0.1, -0.05) is 12.2 Å². The van der Waals surface area contributed by atoms with E-state index < -0.39 is 6.03 Å². The molecule has 0 saturated carbocycles. The molecular formula is C10H16N4O. The average molecular weight is 208 g/mol. The first-order valence-electron chi connectivity index (χ1n) is 4.39. The number of primary amides is 2. The van der Waals surface area contributed by atoms with Gasteiger partial charge in [-0.15, -0.1) is 13.2 Å². The highest BCUT2D eigenvalue weighted by Gasteiger charge is 1.95. The molecule has 1 aromatic rings. The number of carbonyl (C=O) groups is 1. The fourth-order valence-electron chi connectivity index (χ4n) is 0.905. The van der Waals surface area contributed by atoms with Gasteiger partial charge in [0, 0.05) is 24.7 Å². The summed E-state index contributed by atoms with van der Waals surface area (Å²) in [6.07, 6.45) is 7.17. The molecule has 1 heterocycles. The van der Waals surface area contributed by atoms with Crippen molar-refractivity contribution in [3.05, 3.63) is 43.0 Å². The molecule has 1 rings (SSSR count). The zero-order chi connectivity index (χ0) is 11.7. The van der Waals surface area contributed by atoms with Crippen LogP contribution in [-0.4, -0.2) is 16.0 Å². The van der Waals surface area contributed by atoms with E-state index in [0.29, 0.717) is 0 Å². The minimum absolute atomic E-state index is 0.803. The fraction of sp³-hybridized carbons (Fsp3) is 0.200. The number of hydrogen-bond acceptors (Lipinski definition) is 2. The maximum atomic E-state index is 9.00. The lowest BCUT2D eigenvalue weighted by Gasteiger charge is -1.87. The number of carbonyl (C=O) groups excluding carboxylic acids is 1. The minimum atomic E-state index is -0.833. The highest BCUT2D eigenvalue weighted by Crippen LogP contribution is 1.99. The van der Waals surface area contributed by atoms with Crippen LogP contribution in [0.4, 0.5) is 4.79 Å². The zero-order valence-corrected chi connectivity index (χ0v) is 8.57. The number of H-pyrrole nitrogens is 1. The van der Waals surface area contributed by atoms with Crippen molar-refractivity contribution < 1.29 is 4.79 Å². The second-order valence-electron chi connectivity index (χ2n) is 2.74. The molecule has 5 heteroatoms. The topological polar surface area (TPSA) is 97.8 Å². The van der Waals surface area contributed by atoms with Gasteiger partial charge >= 0.3 is 6.03 Å². The van der Waals surface area contributed by atoms with Crippen molar-refractivity contribution in [3.63, 3.8) is 0 Å². The monoisotopic (exact) mass is 208 g/mol. The summed E-state index contributed by atoms with van der Waals surface area (Å²) in [5.74, 6) is 0.969. The van der Waals surface area contributed by atoms with E-state index in [-0.39, 0.29) is 0 Å². The number of nitrogens with two attached hydrogens (primary N) is 2. The minimum Gasteiger partial charge on any atom is -0.352 e. The number of rotatable bonds is 4. The number of amides is 2. The molecule has 0 aliphatic carbocycles. The van der Waals surface area contributed by atoms with Crippen molar-refractivity contribution >= 4 is 6.03 Å². The van der Waals surface area contributed by atoms with E-state index in [4.69, 9.17) is 4.79 Å². The molecule has 0 aromatic carbocycles. The van der Waals surface area contributed by atoms with Crippen LogP contribution in [0.1, 0.15) is 11.5 Å². The first-order valence-corrected chi connectivity index (χ1v) is 4.39. The van der Waals surface area contributed by atoms with Crippen molar-refractivity contribution in [2.24, 2.45) is 11.5 Å². The summed E-state index contributed by atoms with van der Waals surface area (Å²) in [5, 5.41) is 0. The quantitative estimate of drug-likeness (QED) is 0.640. The van der Waals surface area contributed by atoms with Gasteiger partial charge in [0.15, 0.2) is 0 Å². The largest absolute Gasteiger partial charge is 0.352 e. The second-order valence-corrected chi connectivity index (χ2v) is 2.74. The Balaban J connectivity index is 0.000000423. The van der Waals surface area contributed by atoms with Gasteiger partial charge in [0.25, 0.3) is 0 Å². The smallest absolute Gasteiger partial charge is 0.309 e. The maximum Gasteiger partial charge on any atom is 0.309 e. The predicted molar refractivity (Wildman–Crippen MR) is 60.2 cm³/mol. The molecule has 0 radical (unpaired) electrons. The lowest BCUT2D eigenvalue weighted by atomic mass is 10.3. The van der Waals surface area contributed by atoms with Crippen LogP contribution >= 0.6 is 0 Å². The van der Waals surface area contributed by atoms with E-state index in [2.05, 4.69) is 34.6 Å². The predicted octanol–water partition coefficient (Wildman–Crippen LogP) is 0.891. The summed E-state index contributed by atoms with van der Waals surface area (Å²) in [5.41, 5.74) is 9.61. The van der Waals surface area contributed by atoms with E-state index in [1.807, 2.05) is 18.3 Å². The molecule has 5 nitrogen and oxygen atoms in total. The first-order chi connectivity index (χ1) is 7.10. The van der Waals surface area contributed by atoms with Gasteiger partial charge in [0.05, 0.1) is 0 Å². The van der Waals surface area contributed by atoms with Crippen LogP contribution in [0, 0.1) is 0 Å². The number of aromatic amines is 1. The van der Waals surface area contributed by atoms with Crippen molar-refractivity contribution in [2.75, 3.05) is 0 Å². The Bertz CT molecular complexity index is 301. The third-order valence-corrected chi connectivity index (χ3v) is 1.38. The summed E-state index contributed by atoms with van der Waals surface area (Å²) in [6.45, 7) is 7.27. The van der Waals surface area contributed by atoms with Crippen molar-refractivity contribution in [1.82, 2.24) is 9.97 Å². The summed E-state index contributed by atoms with van der Waals surface area (Å²) in [4.78, 5) is 16.3. The molecule has 0 unspecified atom stereocenters. The molecule has 0 saturated heterocycles. The number of nitrogens with zero attached hydrogens (tertiary/aromatic N) is 1. The Morgan fingerprint density at radius 3 is 2.40 bits per heavy atom. The van der Waals surface area contributed by atoms with Crippen LogP contribution in [0.15, 0.2) is 31.5 Å². The van der Waals surface area contributed by atoms with Gasteiger partial charge in [0.2, 0.25) is 0 Å². The van der Waals surface area contributed by atoms with Gasteiger partial charge in [-0.2, -0.15) is 0 Å². The van der Waals surface area contributed by atoms with E-state index in [0.717, 1.165) is 24.4 Å². The second kappa shape index (κ2) is 7.37. The van der Waals surface area contributed by atoms with Crippen LogP contribution in [0.2, 0.25) is 0 Å². The first kappa shape index (κ1) is 13.0. The summed E-state index contributed by atoms with van der Waals surface area (Å²) >= 11 is 0. The highest BCUT2D eigenvalue weighted by molar-refractivity contribution is 5.69. The molecule has 0 aliphatic rings. The fourth-order valence-corrected chi connectivity index (χ4v) is 0.905.